The highest BCUT2D eigenvalue weighted by molar-refractivity contribution is 7.99. The fraction of sp³-hybridized carbons (Fsp3) is 0.211. The van der Waals surface area contributed by atoms with Crippen LogP contribution in [0.5, 0.6) is 0 Å². The van der Waals surface area contributed by atoms with E-state index in [9.17, 15) is 9.59 Å². The van der Waals surface area contributed by atoms with Gasteiger partial charge in [0.2, 0.25) is 11.0 Å². The van der Waals surface area contributed by atoms with E-state index in [1.165, 1.54) is 27.7 Å². The molecule has 8 nitrogen and oxygen atoms in total. The summed E-state index contributed by atoms with van der Waals surface area (Å²) in [5.41, 5.74) is 1.71. The first-order valence-electron chi connectivity index (χ1n) is 8.98. The van der Waals surface area contributed by atoms with Crippen LogP contribution < -0.4 is 10.9 Å². The van der Waals surface area contributed by atoms with Crippen molar-refractivity contribution in [3.8, 4) is 0 Å². The molecule has 0 unspecified atom stereocenters. The normalized spacial score (nSPS) is 11.2. The van der Waals surface area contributed by atoms with Crippen molar-refractivity contribution in [3.63, 3.8) is 0 Å². The third kappa shape index (κ3) is 3.81. The molecule has 0 radical (unpaired) electrons. The van der Waals surface area contributed by atoms with Crippen molar-refractivity contribution in [3.05, 3.63) is 52.3 Å². The SMILES string of the molecule is C=CCn1c(SCC(=O)Nc2nnc(CC)s2)nc2c([nH]c3ccccc32)c1=O. The number of para-hydroxylation sites is 1. The lowest BCUT2D eigenvalue weighted by atomic mass is 10.2. The van der Waals surface area contributed by atoms with Gasteiger partial charge in [-0.25, -0.2) is 4.98 Å². The maximum absolute atomic E-state index is 13.0. The quantitative estimate of drug-likeness (QED) is 0.267. The second-order valence-corrected chi connectivity index (χ2v) is 8.19. The molecule has 0 spiro atoms. The number of nitrogens with zero attached hydrogens (tertiary/aromatic N) is 4. The van der Waals surface area contributed by atoms with E-state index in [-0.39, 0.29) is 17.2 Å². The van der Waals surface area contributed by atoms with Gasteiger partial charge in [-0.2, -0.15) is 0 Å². The Kier molecular flexibility index (Phi) is 5.45. The molecule has 0 saturated heterocycles. The van der Waals surface area contributed by atoms with Gasteiger partial charge in [-0.05, 0) is 12.5 Å². The second-order valence-electron chi connectivity index (χ2n) is 6.18. The van der Waals surface area contributed by atoms with Gasteiger partial charge in [0, 0.05) is 17.4 Å². The first-order valence-corrected chi connectivity index (χ1v) is 10.8. The number of benzene rings is 1. The van der Waals surface area contributed by atoms with Crippen LogP contribution in [-0.2, 0) is 17.8 Å². The Bertz CT molecular complexity index is 1270. The Balaban J connectivity index is 1.63. The van der Waals surface area contributed by atoms with Gasteiger partial charge >= 0.3 is 0 Å². The Morgan fingerprint density at radius 1 is 1.38 bits per heavy atom. The molecule has 29 heavy (non-hydrogen) atoms. The Morgan fingerprint density at radius 3 is 2.97 bits per heavy atom. The van der Waals surface area contributed by atoms with E-state index < -0.39 is 0 Å². The van der Waals surface area contributed by atoms with Crippen LogP contribution in [0, 0.1) is 0 Å². The van der Waals surface area contributed by atoms with E-state index in [0.29, 0.717) is 27.9 Å². The molecule has 4 aromatic rings. The van der Waals surface area contributed by atoms with Crippen molar-refractivity contribution in [2.75, 3.05) is 11.1 Å². The summed E-state index contributed by atoms with van der Waals surface area (Å²) in [6.45, 7) is 6.00. The number of aromatic nitrogens is 5. The molecule has 3 aromatic heterocycles. The summed E-state index contributed by atoms with van der Waals surface area (Å²) in [6, 6.07) is 7.62. The maximum atomic E-state index is 13.0. The molecule has 2 N–H and O–H groups in total. The number of aryl methyl sites for hydroxylation is 1. The van der Waals surface area contributed by atoms with E-state index in [2.05, 4.69) is 32.1 Å². The van der Waals surface area contributed by atoms with Gasteiger partial charge in [-0.3, -0.25) is 19.5 Å². The van der Waals surface area contributed by atoms with Crippen LogP contribution in [0.25, 0.3) is 21.9 Å². The summed E-state index contributed by atoms with van der Waals surface area (Å²) in [5, 5.41) is 13.3. The molecular formula is C19H18N6O2S2. The molecule has 10 heteroatoms. The predicted octanol–water partition coefficient (Wildman–Crippen LogP) is 3.21. The summed E-state index contributed by atoms with van der Waals surface area (Å²) in [7, 11) is 0. The zero-order chi connectivity index (χ0) is 20.4. The molecule has 0 bridgehead atoms. The lowest BCUT2D eigenvalue weighted by molar-refractivity contribution is -0.113. The molecule has 1 aromatic carbocycles. The van der Waals surface area contributed by atoms with Crippen LogP contribution >= 0.6 is 23.1 Å². The number of aromatic amines is 1. The molecule has 0 aliphatic rings. The Labute approximate surface area is 174 Å². The van der Waals surface area contributed by atoms with Crippen LogP contribution in [0.2, 0.25) is 0 Å². The fourth-order valence-electron chi connectivity index (χ4n) is 2.91. The Morgan fingerprint density at radius 2 is 2.21 bits per heavy atom. The van der Waals surface area contributed by atoms with E-state index in [4.69, 9.17) is 0 Å². The number of H-pyrrole nitrogens is 1. The van der Waals surface area contributed by atoms with E-state index in [1.807, 2.05) is 31.2 Å². The van der Waals surface area contributed by atoms with Gasteiger partial charge in [0.05, 0.1) is 5.75 Å². The van der Waals surface area contributed by atoms with Crippen LogP contribution in [0.4, 0.5) is 5.13 Å². The molecule has 0 fully saturated rings. The molecule has 148 valence electrons. The van der Waals surface area contributed by atoms with Crippen LogP contribution in [0.1, 0.15) is 11.9 Å². The zero-order valence-electron chi connectivity index (χ0n) is 15.6. The molecule has 0 atom stereocenters. The van der Waals surface area contributed by atoms with Crippen LogP contribution in [0.3, 0.4) is 0 Å². The van der Waals surface area contributed by atoms with E-state index >= 15 is 0 Å². The van der Waals surface area contributed by atoms with Crippen molar-refractivity contribution in [2.45, 2.75) is 25.0 Å². The highest BCUT2D eigenvalue weighted by Gasteiger charge is 2.16. The number of anilines is 1. The highest BCUT2D eigenvalue weighted by atomic mass is 32.2. The smallest absolute Gasteiger partial charge is 0.278 e. The summed E-state index contributed by atoms with van der Waals surface area (Å²) >= 11 is 2.55. The molecule has 0 saturated carbocycles. The van der Waals surface area contributed by atoms with Gasteiger partial charge in [0.25, 0.3) is 5.56 Å². The molecule has 4 rings (SSSR count). The number of carbonyl (C=O) groups is 1. The lowest BCUT2D eigenvalue weighted by Crippen LogP contribution is -2.23. The minimum absolute atomic E-state index is 0.0957. The molecular weight excluding hydrogens is 408 g/mol. The number of thioether (sulfide) groups is 1. The average molecular weight is 427 g/mol. The maximum Gasteiger partial charge on any atom is 0.278 e. The average Bonchev–Trinajstić information content (AvgIpc) is 3.33. The van der Waals surface area contributed by atoms with Crippen molar-refractivity contribution < 1.29 is 4.79 Å². The third-order valence-electron chi connectivity index (χ3n) is 4.24. The monoisotopic (exact) mass is 426 g/mol. The lowest BCUT2D eigenvalue weighted by Gasteiger charge is -2.09. The highest BCUT2D eigenvalue weighted by Crippen LogP contribution is 2.25. The van der Waals surface area contributed by atoms with E-state index in [0.717, 1.165) is 22.3 Å². The molecule has 1 amide bonds. The number of fused-ring (bicyclic) bond motifs is 3. The van der Waals surface area contributed by atoms with Gasteiger partial charge in [-0.1, -0.05) is 54.3 Å². The summed E-state index contributed by atoms with van der Waals surface area (Å²) < 4.78 is 1.52. The number of nitrogens with one attached hydrogen (secondary N) is 2. The number of rotatable bonds is 7. The molecule has 0 aliphatic heterocycles. The Hall–Kier alpha value is -2.98. The number of allylic oxidation sites excluding steroid dienone is 1. The van der Waals surface area contributed by atoms with Gasteiger partial charge in [0.1, 0.15) is 16.0 Å². The van der Waals surface area contributed by atoms with Crippen LogP contribution in [-0.4, -0.2) is 36.4 Å². The van der Waals surface area contributed by atoms with Crippen LogP contribution in [0.15, 0.2) is 46.9 Å². The van der Waals surface area contributed by atoms with Crippen molar-refractivity contribution >= 4 is 56.1 Å². The van der Waals surface area contributed by atoms with Gasteiger partial charge in [0.15, 0.2) is 5.16 Å². The fourth-order valence-corrected chi connectivity index (χ4v) is 4.41. The number of hydrogen-bond donors (Lipinski definition) is 2. The van der Waals surface area contributed by atoms with Gasteiger partial charge in [-0.15, -0.1) is 16.8 Å². The topological polar surface area (TPSA) is 106 Å². The first kappa shape index (κ1) is 19.3. The number of carbonyl (C=O) groups excluding carboxylic acids is 1. The second kappa shape index (κ2) is 8.18. The summed E-state index contributed by atoms with van der Waals surface area (Å²) in [6.07, 6.45) is 2.40. The number of hydrogen-bond acceptors (Lipinski definition) is 7. The molecule has 0 aliphatic carbocycles. The standard InChI is InChI=1S/C19H18N6O2S2/c1-3-9-25-17(27)16-15(11-7-5-6-8-12(11)20-16)22-19(25)28-10-13(26)21-18-24-23-14(4-2)29-18/h3,5-8,20H,1,4,9-10H2,2H3,(H,21,24,26). The first-order chi connectivity index (χ1) is 14.1. The zero-order valence-corrected chi connectivity index (χ0v) is 17.3. The summed E-state index contributed by atoms with van der Waals surface area (Å²) in [4.78, 5) is 33.1. The molecule has 3 heterocycles. The number of amides is 1. The third-order valence-corrected chi connectivity index (χ3v) is 6.20. The summed E-state index contributed by atoms with van der Waals surface area (Å²) in [5.74, 6) is -0.134. The van der Waals surface area contributed by atoms with Crippen molar-refractivity contribution in [1.29, 1.82) is 0 Å². The van der Waals surface area contributed by atoms with E-state index in [1.54, 1.807) is 6.08 Å². The minimum Gasteiger partial charge on any atom is -0.349 e. The van der Waals surface area contributed by atoms with Gasteiger partial charge < -0.3 is 4.98 Å². The predicted molar refractivity (Wildman–Crippen MR) is 117 cm³/mol. The van der Waals surface area contributed by atoms with Crippen molar-refractivity contribution in [2.24, 2.45) is 0 Å². The largest absolute Gasteiger partial charge is 0.349 e. The minimum atomic E-state index is -0.229. The van der Waals surface area contributed by atoms with Crippen molar-refractivity contribution in [1.82, 2.24) is 24.7 Å².